The Morgan fingerprint density at radius 3 is 2.64 bits per heavy atom. The molecule has 0 heterocycles. The van der Waals surface area contributed by atoms with Crippen molar-refractivity contribution in [3.63, 3.8) is 0 Å². The Balaban J connectivity index is 3.15. The summed E-state index contributed by atoms with van der Waals surface area (Å²) in [5, 5.41) is 8.61. The van der Waals surface area contributed by atoms with Gasteiger partial charge in [0, 0.05) is 4.47 Å². The number of anilines is 1. The summed E-state index contributed by atoms with van der Waals surface area (Å²) < 4.78 is 24.8. The van der Waals surface area contributed by atoms with Crippen molar-refractivity contribution in [1.29, 1.82) is 5.26 Å². The van der Waals surface area contributed by atoms with Gasteiger partial charge in [-0.3, -0.25) is 4.72 Å². The van der Waals surface area contributed by atoms with Crippen molar-refractivity contribution in [3.05, 3.63) is 28.2 Å². The highest BCUT2D eigenvalue weighted by atomic mass is 79.9. The Morgan fingerprint density at radius 1 is 1.50 bits per heavy atom. The average molecular weight is 275 g/mol. The highest BCUT2D eigenvalue weighted by Gasteiger charge is 2.06. The monoisotopic (exact) mass is 274 g/mol. The van der Waals surface area contributed by atoms with E-state index in [-0.39, 0.29) is 0 Å². The van der Waals surface area contributed by atoms with E-state index in [9.17, 15) is 8.42 Å². The Morgan fingerprint density at radius 2 is 2.14 bits per heavy atom. The molecule has 4 nitrogen and oxygen atoms in total. The molecule has 1 rings (SSSR count). The minimum atomic E-state index is -3.31. The summed E-state index contributed by atoms with van der Waals surface area (Å²) in [7, 11) is -3.31. The summed E-state index contributed by atoms with van der Waals surface area (Å²) in [5.74, 6) is 0. The third-order valence-corrected chi connectivity index (χ3v) is 2.67. The van der Waals surface area contributed by atoms with Crippen LogP contribution in [0, 0.1) is 11.3 Å². The zero-order valence-corrected chi connectivity index (χ0v) is 9.68. The van der Waals surface area contributed by atoms with E-state index in [1.54, 1.807) is 12.1 Å². The van der Waals surface area contributed by atoms with E-state index in [1.807, 2.05) is 6.07 Å². The van der Waals surface area contributed by atoms with E-state index >= 15 is 0 Å². The number of nitrogens with one attached hydrogen (secondary N) is 1. The summed E-state index contributed by atoms with van der Waals surface area (Å²) in [4.78, 5) is 0. The number of hydrogen-bond acceptors (Lipinski definition) is 3. The van der Waals surface area contributed by atoms with Crippen LogP contribution < -0.4 is 4.72 Å². The van der Waals surface area contributed by atoms with Crippen LogP contribution in [0.1, 0.15) is 5.56 Å². The summed E-state index contributed by atoms with van der Waals surface area (Å²) in [5.41, 5.74) is 0.769. The summed E-state index contributed by atoms with van der Waals surface area (Å²) in [6.45, 7) is 0. The topological polar surface area (TPSA) is 70.0 Å². The quantitative estimate of drug-likeness (QED) is 0.892. The minimum Gasteiger partial charge on any atom is -0.283 e. The second-order valence-electron chi connectivity index (χ2n) is 2.68. The first kappa shape index (κ1) is 11.0. The molecule has 0 spiro atoms. The smallest absolute Gasteiger partial charge is 0.229 e. The maximum absolute atomic E-state index is 10.9. The van der Waals surface area contributed by atoms with E-state index in [2.05, 4.69) is 20.7 Å². The Hall–Kier alpha value is -1.06. The van der Waals surface area contributed by atoms with E-state index in [4.69, 9.17) is 5.26 Å². The number of nitrogens with zero attached hydrogens (tertiary/aromatic N) is 1. The predicted molar refractivity (Wildman–Crippen MR) is 57.3 cm³/mol. The van der Waals surface area contributed by atoms with Crippen LogP contribution in [0.15, 0.2) is 22.7 Å². The van der Waals surface area contributed by atoms with Gasteiger partial charge in [-0.2, -0.15) is 5.26 Å². The number of nitriles is 1. The van der Waals surface area contributed by atoms with Crippen molar-refractivity contribution in [1.82, 2.24) is 0 Å². The van der Waals surface area contributed by atoms with Crippen LogP contribution >= 0.6 is 15.9 Å². The third-order valence-electron chi connectivity index (χ3n) is 1.39. The second kappa shape index (κ2) is 3.98. The zero-order valence-electron chi connectivity index (χ0n) is 7.28. The van der Waals surface area contributed by atoms with Crippen molar-refractivity contribution in [2.24, 2.45) is 0 Å². The van der Waals surface area contributed by atoms with Crippen LogP contribution in [0.2, 0.25) is 0 Å². The Bertz CT molecular complexity index is 491. The van der Waals surface area contributed by atoms with Crippen LogP contribution in [0.4, 0.5) is 5.69 Å². The molecular weight excluding hydrogens is 268 g/mol. The van der Waals surface area contributed by atoms with Crippen LogP contribution in [0.5, 0.6) is 0 Å². The molecule has 0 aromatic heterocycles. The normalized spacial score (nSPS) is 10.6. The van der Waals surface area contributed by atoms with E-state index in [0.29, 0.717) is 15.7 Å². The summed E-state index contributed by atoms with van der Waals surface area (Å²) >= 11 is 3.18. The maximum atomic E-state index is 10.9. The fourth-order valence-electron chi connectivity index (χ4n) is 0.873. The molecule has 0 saturated carbocycles. The Kier molecular flexibility index (Phi) is 3.13. The first-order valence-corrected chi connectivity index (χ1v) is 6.28. The molecule has 0 fully saturated rings. The van der Waals surface area contributed by atoms with Gasteiger partial charge in [-0.1, -0.05) is 0 Å². The fourth-order valence-corrected chi connectivity index (χ4v) is 1.92. The standard InChI is InChI=1S/C8H7BrN2O2S/c1-14(12,13)11-8-4-6(5-10)2-3-7(8)9/h2-4,11H,1H3. The molecular formula is C8H7BrN2O2S. The molecule has 74 valence electrons. The van der Waals surface area contributed by atoms with Crippen molar-refractivity contribution in [2.75, 3.05) is 11.0 Å². The molecule has 6 heteroatoms. The summed E-state index contributed by atoms with van der Waals surface area (Å²) in [6.07, 6.45) is 1.05. The molecule has 14 heavy (non-hydrogen) atoms. The van der Waals surface area contributed by atoms with Crippen molar-refractivity contribution >= 4 is 31.6 Å². The van der Waals surface area contributed by atoms with Crippen molar-refractivity contribution in [2.45, 2.75) is 0 Å². The van der Waals surface area contributed by atoms with Gasteiger partial charge >= 0.3 is 0 Å². The second-order valence-corrected chi connectivity index (χ2v) is 5.28. The first-order valence-electron chi connectivity index (χ1n) is 3.60. The van der Waals surface area contributed by atoms with Crippen molar-refractivity contribution < 1.29 is 8.42 Å². The number of sulfonamides is 1. The fraction of sp³-hybridized carbons (Fsp3) is 0.125. The molecule has 0 saturated heterocycles. The maximum Gasteiger partial charge on any atom is 0.229 e. The van der Waals surface area contributed by atoms with Gasteiger partial charge in [0.25, 0.3) is 0 Å². The van der Waals surface area contributed by atoms with Gasteiger partial charge < -0.3 is 0 Å². The molecule has 0 aliphatic heterocycles. The lowest BCUT2D eigenvalue weighted by atomic mass is 10.2. The van der Waals surface area contributed by atoms with Gasteiger partial charge in [0.05, 0.1) is 23.6 Å². The first-order chi connectivity index (χ1) is 6.42. The largest absolute Gasteiger partial charge is 0.283 e. The van der Waals surface area contributed by atoms with E-state index in [0.717, 1.165) is 6.26 Å². The zero-order chi connectivity index (χ0) is 10.8. The van der Waals surface area contributed by atoms with Gasteiger partial charge in [-0.05, 0) is 34.1 Å². The van der Waals surface area contributed by atoms with Crippen LogP contribution in [0.3, 0.4) is 0 Å². The van der Waals surface area contributed by atoms with Crippen LogP contribution in [0.25, 0.3) is 0 Å². The number of halogens is 1. The van der Waals surface area contributed by atoms with Crippen LogP contribution in [-0.4, -0.2) is 14.7 Å². The minimum absolute atomic E-state index is 0.367. The molecule has 0 radical (unpaired) electrons. The number of rotatable bonds is 2. The van der Waals surface area contributed by atoms with E-state index < -0.39 is 10.0 Å². The van der Waals surface area contributed by atoms with Gasteiger partial charge in [0.15, 0.2) is 0 Å². The lowest BCUT2D eigenvalue weighted by Gasteiger charge is -2.05. The Labute approximate surface area is 90.7 Å². The van der Waals surface area contributed by atoms with E-state index in [1.165, 1.54) is 6.07 Å². The highest BCUT2D eigenvalue weighted by Crippen LogP contribution is 2.23. The number of hydrogen-bond donors (Lipinski definition) is 1. The molecule has 0 bridgehead atoms. The molecule has 1 aromatic carbocycles. The number of benzene rings is 1. The summed E-state index contributed by atoms with van der Waals surface area (Å²) in [6, 6.07) is 6.60. The molecule has 0 amide bonds. The molecule has 0 aliphatic rings. The molecule has 1 N–H and O–H groups in total. The molecule has 0 aliphatic carbocycles. The van der Waals surface area contributed by atoms with Crippen LogP contribution in [-0.2, 0) is 10.0 Å². The lowest BCUT2D eigenvalue weighted by molar-refractivity contribution is 0.607. The molecule has 0 unspecified atom stereocenters. The third kappa shape index (κ3) is 3.01. The lowest BCUT2D eigenvalue weighted by Crippen LogP contribution is -2.10. The molecule has 0 atom stereocenters. The molecule has 1 aromatic rings. The average Bonchev–Trinajstić information content (AvgIpc) is 2.06. The SMILES string of the molecule is CS(=O)(=O)Nc1cc(C#N)ccc1Br. The van der Waals surface area contributed by atoms with Gasteiger partial charge in [0.1, 0.15) is 0 Å². The predicted octanol–water partition coefficient (Wildman–Crippen LogP) is 1.69. The van der Waals surface area contributed by atoms with Gasteiger partial charge in [-0.25, -0.2) is 8.42 Å². The van der Waals surface area contributed by atoms with Gasteiger partial charge in [-0.15, -0.1) is 0 Å². The van der Waals surface area contributed by atoms with Gasteiger partial charge in [0.2, 0.25) is 10.0 Å². The van der Waals surface area contributed by atoms with Crippen molar-refractivity contribution in [3.8, 4) is 6.07 Å². The highest BCUT2D eigenvalue weighted by molar-refractivity contribution is 9.10.